The zero-order chi connectivity index (χ0) is 17.3. The Morgan fingerprint density at radius 1 is 1.24 bits per heavy atom. The summed E-state index contributed by atoms with van der Waals surface area (Å²) < 4.78 is 15.6. The SMILES string of the molecule is COc1cc2ncc3c4c2c(oc2ccccc2n4c(=O)n3C)c1Br. The monoisotopic (exact) mass is 397 g/mol. The molecule has 0 amide bonds. The molecule has 2 aromatic carbocycles. The minimum absolute atomic E-state index is 0.139. The van der Waals surface area contributed by atoms with Crippen molar-refractivity contribution in [2.75, 3.05) is 7.11 Å². The van der Waals surface area contributed by atoms with Crippen LogP contribution in [0.1, 0.15) is 0 Å². The second-order valence-electron chi connectivity index (χ2n) is 5.85. The minimum Gasteiger partial charge on any atom is -0.495 e. The van der Waals surface area contributed by atoms with Gasteiger partial charge in [0.15, 0.2) is 11.2 Å². The molecule has 0 N–H and O–H groups in total. The Balaban J connectivity index is 2.30. The third-order valence-corrected chi connectivity index (χ3v) is 5.32. The van der Waals surface area contributed by atoms with Gasteiger partial charge in [-0.05, 0) is 28.1 Å². The molecular formula is C18H12BrN3O3. The van der Waals surface area contributed by atoms with Crippen LogP contribution >= 0.6 is 15.9 Å². The van der Waals surface area contributed by atoms with Crippen LogP contribution in [-0.4, -0.2) is 21.1 Å². The lowest BCUT2D eigenvalue weighted by atomic mass is 10.1. The van der Waals surface area contributed by atoms with Crippen molar-refractivity contribution in [3.8, 4) is 5.75 Å². The van der Waals surface area contributed by atoms with E-state index in [1.807, 2.05) is 30.3 Å². The van der Waals surface area contributed by atoms with Gasteiger partial charge >= 0.3 is 5.69 Å². The molecule has 5 rings (SSSR count). The van der Waals surface area contributed by atoms with Crippen molar-refractivity contribution in [3.63, 3.8) is 0 Å². The molecule has 25 heavy (non-hydrogen) atoms. The van der Waals surface area contributed by atoms with E-state index >= 15 is 0 Å². The zero-order valence-corrected chi connectivity index (χ0v) is 15.0. The van der Waals surface area contributed by atoms with Gasteiger partial charge in [0.2, 0.25) is 0 Å². The lowest BCUT2D eigenvalue weighted by Crippen LogP contribution is -2.17. The summed E-state index contributed by atoms with van der Waals surface area (Å²) in [6, 6.07) is 9.32. The van der Waals surface area contributed by atoms with Crippen LogP contribution < -0.4 is 10.4 Å². The molecule has 0 fully saturated rings. The first-order valence-electron chi connectivity index (χ1n) is 7.65. The molecule has 7 heteroatoms. The van der Waals surface area contributed by atoms with Crippen molar-refractivity contribution in [2.24, 2.45) is 7.05 Å². The summed E-state index contributed by atoms with van der Waals surface area (Å²) in [5, 5.41) is 0.777. The van der Waals surface area contributed by atoms with Gasteiger partial charge in [-0.15, -0.1) is 0 Å². The highest BCUT2D eigenvalue weighted by Crippen LogP contribution is 2.39. The molecule has 0 spiro atoms. The summed E-state index contributed by atoms with van der Waals surface area (Å²) in [7, 11) is 3.35. The second kappa shape index (κ2) is 4.86. The first-order valence-corrected chi connectivity index (χ1v) is 8.45. The number of fused-ring (bicyclic) bond motifs is 2. The lowest BCUT2D eigenvalue weighted by molar-refractivity contribution is 0.412. The quantitative estimate of drug-likeness (QED) is 0.430. The summed E-state index contributed by atoms with van der Waals surface area (Å²) in [4.78, 5) is 17.4. The maximum atomic E-state index is 12.9. The van der Waals surface area contributed by atoms with E-state index in [4.69, 9.17) is 9.15 Å². The van der Waals surface area contributed by atoms with Gasteiger partial charge in [-0.1, -0.05) is 12.1 Å². The number of aromatic nitrogens is 3. The fraction of sp³-hybridized carbons (Fsp3) is 0.111. The number of aryl methyl sites for hydroxylation is 1. The smallest absolute Gasteiger partial charge is 0.333 e. The fourth-order valence-corrected chi connectivity index (χ4v) is 3.93. The first-order chi connectivity index (χ1) is 12.1. The molecular weight excluding hydrogens is 386 g/mol. The second-order valence-corrected chi connectivity index (χ2v) is 6.65. The van der Waals surface area contributed by atoms with Crippen LogP contribution in [-0.2, 0) is 7.05 Å². The van der Waals surface area contributed by atoms with E-state index in [1.54, 1.807) is 29.3 Å². The molecule has 5 aromatic rings. The number of imidazole rings is 1. The number of pyridine rings is 1. The number of benzene rings is 2. The van der Waals surface area contributed by atoms with Gasteiger partial charge in [0.05, 0.1) is 40.8 Å². The number of ether oxygens (including phenoxy) is 1. The fourth-order valence-electron chi connectivity index (χ4n) is 3.37. The molecule has 0 unspecified atom stereocenters. The van der Waals surface area contributed by atoms with Crippen LogP contribution in [0.25, 0.3) is 38.6 Å². The van der Waals surface area contributed by atoms with E-state index in [0.29, 0.717) is 32.4 Å². The lowest BCUT2D eigenvalue weighted by Gasteiger charge is -2.07. The number of methoxy groups -OCH3 is 1. The Kier molecular flexibility index (Phi) is 2.82. The molecule has 0 atom stereocenters. The number of rotatable bonds is 1. The van der Waals surface area contributed by atoms with Crippen LogP contribution in [0.2, 0.25) is 0 Å². The predicted molar refractivity (Wildman–Crippen MR) is 99.5 cm³/mol. The van der Waals surface area contributed by atoms with Gasteiger partial charge < -0.3 is 9.15 Å². The highest BCUT2D eigenvalue weighted by atomic mass is 79.9. The van der Waals surface area contributed by atoms with Crippen molar-refractivity contribution >= 4 is 54.5 Å². The van der Waals surface area contributed by atoms with Crippen molar-refractivity contribution in [2.45, 2.75) is 0 Å². The maximum Gasteiger partial charge on any atom is 0.333 e. The summed E-state index contributed by atoms with van der Waals surface area (Å²) in [5.74, 6) is 0.624. The topological polar surface area (TPSA) is 61.7 Å². The molecule has 0 aliphatic heterocycles. The van der Waals surface area contributed by atoms with Gasteiger partial charge in [-0.2, -0.15) is 0 Å². The largest absolute Gasteiger partial charge is 0.495 e. The van der Waals surface area contributed by atoms with Gasteiger partial charge in [0.25, 0.3) is 0 Å². The molecule has 124 valence electrons. The standard InChI is InChI=1S/C18H12BrN3O3/c1-21-11-8-20-9-7-13(24-2)15(19)17-14(9)16(11)22(18(21)23)10-5-3-4-6-12(10)25-17/h3-8H,1-2H3. The van der Waals surface area contributed by atoms with Crippen molar-refractivity contribution in [1.29, 1.82) is 0 Å². The molecule has 0 saturated carbocycles. The summed E-state index contributed by atoms with van der Waals surface area (Å²) in [6.45, 7) is 0. The molecule has 0 saturated heterocycles. The highest BCUT2D eigenvalue weighted by molar-refractivity contribution is 9.10. The summed E-state index contributed by atoms with van der Waals surface area (Å²) in [6.07, 6.45) is 1.71. The van der Waals surface area contributed by atoms with Gasteiger partial charge in [0.1, 0.15) is 10.2 Å². The van der Waals surface area contributed by atoms with Crippen molar-refractivity contribution in [3.05, 3.63) is 51.5 Å². The van der Waals surface area contributed by atoms with Crippen LogP contribution in [0.3, 0.4) is 0 Å². The van der Waals surface area contributed by atoms with E-state index in [1.165, 1.54) is 0 Å². The molecule has 0 aliphatic carbocycles. The first kappa shape index (κ1) is 14.5. The zero-order valence-electron chi connectivity index (χ0n) is 13.4. The van der Waals surface area contributed by atoms with E-state index < -0.39 is 0 Å². The Morgan fingerprint density at radius 3 is 2.84 bits per heavy atom. The number of para-hydroxylation sites is 2. The van der Waals surface area contributed by atoms with Crippen LogP contribution in [0.15, 0.2) is 50.2 Å². The molecule has 3 heterocycles. The van der Waals surface area contributed by atoms with Gasteiger partial charge in [-0.3, -0.25) is 14.0 Å². The van der Waals surface area contributed by atoms with Crippen LogP contribution in [0, 0.1) is 0 Å². The van der Waals surface area contributed by atoms with E-state index in [-0.39, 0.29) is 5.69 Å². The minimum atomic E-state index is -0.139. The predicted octanol–water partition coefficient (Wildman–Crippen LogP) is 3.86. The molecule has 6 nitrogen and oxygen atoms in total. The Labute approximate surface area is 149 Å². The van der Waals surface area contributed by atoms with Crippen molar-refractivity contribution < 1.29 is 9.15 Å². The van der Waals surface area contributed by atoms with E-state index in [0.717, 1.165) is 16.4 Å². The average molecular weight is 398 g/mol. The van der Waals surface area contributed by atoms with Gasteiger partial charge in [0, 0.05) is 13.1 Å². The van der Waals surface area contributed by atoms with E-state index in [9.17, 15) is 4.79 Å². The molecule has 3 aromatic heterocycles. The highest BCUT2D eigenvalue weighted by Gasteiger charge is 2.21. The molecule has 0 aliphatic rings. The van der Waals surface area contributed by atoms with Gasteiger partial charge in [-0.25, -0.2) is 4.79 Å². The average Bonchev–Trinajstić information content (AvgIpc) is 2.79. The Morgan fingerprint density at radius 2 is 2.04 bits per heavy atom. The molecule has 0 radical (unpaired) electrons. The summed E-state index contributed by atoms with van der Waals surface area (Å²) >= 11 is 3.58. The van der Waals surface area contributed by atoms with Crippen LogP contribution in [0.4, 0.5) is 0 Å². The Bertz CT molecular complexity index is 1380. The number of hydrogen-bond acceptors (Lipinski definition) is 4. The Hall–Kier alpha value is -2.80. The number of hydrogen-bond donors (Lipinski definition) is 0. The van der Waals surface area contributed by atoms with Crippen LogP contribution in [0.5, 0.6) is 5.75 Å². The normalized spacial score (nSPS) is 12.0. The number of nitrogens with zero attached hydrogens (tertiary/aromatic N) is 3. The van der Waals surface area contributed by atoms with E-state index in [2.05, 4.69) is 20.9 Å². The number of halogens is 1. The summed E-state index contributed by atoms with van der Waals surface area (Å²) in [5.41, 5.74) is 3.99. The third kappa shape index (κ3) is 1.73. The van der Waals surface area contributed by atoms with Crippen molar-refractivity contribution in [1.82, 2.24) is 14.0 Å². The molecule has 0 bridgehead atoms. The maximum absolute atomic E-state index is 12.9. The third-order valence-electron chi connectivity index (χ3n) is 4.57.